The minimum Gasteiger partial charge on any atom is -0.550 e. The lowest BCUT2D eigenvalue weighted by atomic mass is 10.0. The molecule has 1 aromatic rings. The average Bonchev–Trinajstić information content (AvgIpc) is 2.06. The molecule has 0 bridgehead atoms. The van der Waals surface area contributed by atoms with Gasteiger partial charge in [-0.25, -0.2) is 0 Å². The molecule has 0 unspecified atom stereocenters. The second kappa shape index (κ2) is 7.38. The topological polar surface area (TPSA) is 153 Å². The van der Waals surface area contributed by atoms with Crippen LogP contribution in [-0.2, 0) is 22.4 Å². The number of hydrogen-bond acceptors (Lipinski definition) is 4. The van der Waals surface area contributed by atoms with Crippen LogP contribution in [0.5, 0.6) is 0 Å². The highest BCUT2D eigenvalue weighted by Gasteiger charge is 2.01. The molecule has 6 heteroatoms. The third-order valence-electron chi connectivity index (χ3n) is 1.79. The molecule has 0 spiro atoms. The summed E-state index contributed by atoms with van der Waals surface area (Å²) >= 11 is 0. The third-order valence-corrected chi connectivity index (χ3v) is 1.79. The van der Waals surface area contributed by atoms with Crippen molar-refractivity contribution in [2.24, 2.45) is 0 Å². The Labute approximate surface area is 93.1 Å². The van der Waals surface area contributed by atoms with E-state index in [1.165, 1.54) is 0 Å². The van der Waals surface area contributed by atoms with Gasteiger partial charge in [0.25, 0.3) is 0 Å². The summed E-state index contributed by atoms with van der Waals surface area (Å²) in [4.78, 5) is 20.7. The molecule has 8 N–H and O–H groups in total. The zero-order chi connectivity index (χ0) is 10.6. The molecule has 1 rings (SSSR count). The average molecular weight is 228 g/mol. The molecule has 1 aromatic carbocycles. The zero-order valence-electron chi connectivity index (χ0n) is 9.36. The van der Waals surface area contributed by atoms with Crippen LogP contribution in [0, 0.1) is 0 Å². The number of aliphatic carboxylic acids is 2. The van der Waals surface area contributed by atoms with Gasteiger partial charge in [0.05, 0.1) is 0 Å². The molecule has 0 aliphatic carbocycles. The minimum absolute atomic E-state index is 0. The summed E-state index contributed by atoms with van der Waals surface area (Å²) in [5.74, 6) is -2.45. The number of benzene rings is 1. The molecule has 0 aliphatic rings. The Hall–Kier alpha value is -1.92. The first-order valence-corrected chi connectivity index (χ1v) is 4.06. The van der Waals surface area contributed by atoms with Gasteiger partial charge in [-0.05, 0) is 11.1 Å². The van der Waals surface area contributed by atoms with Gasteiger partial charge in [0, 0.05) is 24.8 Å². The number of carbonyl (C=O) groups excluding carboxylic acids is 2. The maximum atomic E-state index is 10.3. The van der Waals surface area contributed by atoms with Gasteiger partial charge in [-0.3, -0.25) is 0 Å². The molecule has 0 saturated carbocycles. The Morgan fingerprint density at radius 1 is 0.875 bits per heavy atom. The highest BCUT2D eigenvalue weighted by Crippen LogP contribution is 2.09. The molecule has 0 aliphatic heterocycles. The molecule has 0 radical (unpaired) electrons. The van der Waals surface area contributed by atoms with Crippen molar-refractivity contribution in [1.29, 1.82) is 0 Å². The maximum absolute atomic E-state index is 10.3. The van der Waals surface area contributed by atoms with Crippen LogP contribution in [0.15, 0.2) is 24.3 Å². The highest BCUT2D eigenvalue weighted by atomic mass is 16.4. The minimum atomic E-state index is -1.23. The molecule has 0 saturated heterocycles. The smallest absolute Gasteiger partial charge is 0.0458 e. The van der Waals surface area contributed by atoms with Gasteiger partial charge in [-0.15, -0.1) is 0 Å². The van der Waals surface area contributed by atoms with Gasteiger partial charge in [0.15, 0.2) is 0 Å². The van der Waals surface area contributed by atoms with Crippen LogP contribution in [0.1, 0.15) is 11.1 Å². The van der Waals surface area contributed by atoms with E-state index in [2.05, 4.69) is 0 Å². The van der Waals surface area contributed by atoms with E-state index in [1.807, 2.05) is 0 Å². The van der Waals surface area contributed by atoms with Crippen LogP contribution in [-0.4, -0.2) is 11.9 Å². The molecule has 0 atom stereocenters. The van der Waals surface area contributed by atoms with Gasteiger partial charge in [-0.2, -0.15) is 0 Å². The van der Waals surface area contributed by atoms with Crippen molar-refractivity contribution >= 4 is 11.9 Å². The van der Waals surface area contributed by atoms with Crippen LogP contribution >= 0.6 is 0 Å². The van der Waals surface area contributed by atoms with Crippen LogP contribution in [0.4, 0.5) is 0 Å². The number of carbonyl (C=O) groups is 2. The lowest BCUT2D eigenvalue weighted by Gasteiger charge is -2.10. The normalized spacial score (nSPS) is 8.50. The Kier molecular flexibility index (Phi) is 7.62. The summed E-state index contributed by atoms with van der Waals surface area (Å²) < 4.78 is 0. The number of carboxylic acids is 2. The van der Waals surface area contributed by atoms with E-state index in [4.69, 9.17) is 0 Å². The van der Waals surface area contributed by atoms with Crippen LogP contribution in [0.3, 0.4) is 0 Å². The largest absolute Gasteiger partial charge is 0.550 e. The molecular weight excluding hydrogens is 212 g/mol. The van der Waals surface area contributed by atoms with Crippen LogP contribution in [0.25, 0.3) is 0 Å². The van der Waals surface area contributed by atoms with Gasteiger partial charge in [-0.1, -0.05) is 24.3 Å². The zero-order valence-corrected chi connectivity index (χ0v) is 9.36. The van der Waals surface area contributed by atoms with Gasteiger partial charge in [0.1, 0.15) is 0 Å². The van der Waals surface area contributed by atoms with Gasteiger partial charge < -0.3 is 32.1 Å². The Balaban J connectivity index is 0. The summed E-state index contributed by atoms with van der Waals surface area (Å²) in [6, 6.07) is 6.43. The van der Waals surface area contributed by atoms with E-state index in [-0.39, 0.29) is 25.1 Å². The second-order valence-electron chi connectivity index (χ2n) is 2.87. The van der Waals surface area contributed by atoms with Crippen molar-refractivity contribution in [3.8, 4) is 0 Å². The highest BCUT2D eigenvalue weighted by molar-refractivity contribution is 5.72. The van der Waals surface area contributed by atoms with E-state index in [9.17, 15) is 19.8 Å². The van der Waals surface area contributed by atoms with E-state index in [1.54, 1.807) is 24.3 Å². The Morgan fingerprint density at radius 3 is 1.44 bits per heavy atom. The standard InChI is InChI=1S/C10H10O4.2H3N/c11-9(12)5-7-3-1-2-4-8(7)6-10(13)14;;/h1-4H,5-6H2,(H,11,12)(H,13,14);2*1H3. The van der Waals surface area contributed by atoms with E-state index < -0.39 is 11.9 Å². The number of quaternary nitrogens is 2. The SMILES string of the molecule is O=C([O-])Cc1ccccc1CC(=O)[O-].[NH4+].[NH4+]. The molecule has 6 nitrogen and oxygen atoms in total. The fourth-order valence-electron chi connectivity index (χ4n) is 1.21. The first-order chi connectivity index (χ1) is 6.59. The third kappa shape index (κ3) is 5.08. The quantitative estimate of drug-likeness (QED) is 0.679. The number of carboxylic acid groups (broad SMARTS) is 2. The first-order valence-electron chi connectivity index (χ1n) is 4.06. The van der Waals surface area contributed by atoms with Crippen molar-refractivity contribution in [1.82, 2.24) is 12.3 Å². The van der Waals surface area contributed by atoms with Gasteiger partial charge >= 0.3 is 0 Å². The first kappa shape index (κ1) is 16.5. The van der Waals surface area contributed by atoms with Crippen LogP contribution in [0.2, 0.25) is 0 Å². The molecule has 90 valence electrons. The lowest BCUT2D eigenvalue weighted by molar-refractivity contribution is -0.306. The van der Waals surface area contributed by atoms with E-state index >= 15 is 0 Å². The van der Waals surface area contributed by atoms with Crippen molar-refractivity contribution in [2.75, 3.05) is 0 Å². The Bertz CT molecular complexity index is 331. The predicted octanol–water partition coefficient (Wildman–Crippen LogP) is -0.976. The molecule has 0 fully saturated rings. The molecule has 0 amide bonds. The van der Waals surface area contributed by atoms with Crippen molar-refractivity contribution in [3.63, 3.8) is 0 Å². The lowest BCUT2D eigenvalue weighted by Crippen LogP contribution is -2.27. The van der Waals surface area contributed by atoms with E-state index in [0.717, 1.165) is 0 Å². The summed E-state index contributed by atoms with van der Waals surface area (Å²) in [6.07, 6.45) is -0.549. The summed E-state index contributed by atoms with van der Waals surface area (Å²) in [6.45, 7) is 0. The monoisotopic (exact) mass is 228 g/mol. The number of hydrogen-bond donors (Lipinski definition) is 2. The second-order valence-corrected chi connectivity index (χ2v) is 2.87. The summed E-state index contributed by atoms with van der Waals surface area (Å²) in [5, 5.41) is 20.7. The Morgan fingerprint density at radius 2 is 1.19 bits per heavy atom. The molecule has 0 aromatic heterocycles. The van der Waals surface area contributed by atoms with Crippen LogP contribution < -0.4 is 22.5 Å². The van der Waals surface area contributed by atoms with Crippen molar-refractivity contribution in [2.45, 2.75) is 12.8 Å². The number of rotatable bonds is 4. The molecule has 16 heavy (non-hydrogen) atoms. The van der Waals surface area contributed by atoms with E-state index in [0.29, 0.717) is 11.1 Å². The molecular formula is C10H16N2O4. The predicted molar refractivity (Wildman–Crippen MR) is 55.8 cm³/mol. The summed E-state index contributed by atoms with van der Waals surface area (Å²) in [7, 11) is 0. The van der Waals surface area contributed by atoms with Gasteiger partial charge in [0.2, 0.25) is 0 Å². The fourth-order valence-corrected chi connectivity index (χ4v) is 1.21. The van der Waals surface area contributed by atoms with Crippen molar-refractivity contribution < 1.29 is 19.8 Å². The molecule has 0 heterocycles. The fraction of sp³-hybridized carbons (Fsp3) is 0.200. The van der Waals surface area contributed by atoms with Crippen molar-refractivity contribution in [3.05, 3.63) is 35.4 Å². The maximum Gasteiger partial charge on any atom is 0.0458 e. The summed E-state index contributed by atoms with van der Waals surface area (Å²) in [5.41, 5.74) is 0.911.